The Hall–Kier alpha value is -2.47. The van der Waals surface area contributed by atoms with Crippen molar-refractivity contribution in [2.24, 2.45) is 11.3 Å². The molecular formula is C25H28N2O3S. The van der Waals surface area contributed by atoms with E-state index in [4.69, 9.17) is 0 Å². The maximum absolute atomic E-state index is 13.1. The fourth-order valence-electron chi connectivity index (χ4n) is 5.28. The summed E-state index contributed by atoms with van der Waals surface area (Å²) in [5.74, 6) is 0.882. The minimum absolute atomic E-state index is 0.00234. The van der Waals surface area contributed by atoms with Crippen molar-refractivity contribution in [2.75, 3.05) is 26.2 Å². The Morgan fingerprint density at radius 2 is 1.55 bits per heavy atom. The third-order valence-electron chi connectivity index (χ3n) is 7.36. The number of hydrogen-bond acceptors (Lipinski definition) is 4. The molecule has 162 valence electrons. The summed E-state index contributed by atoms with van der Waals surface area (Å²) in [5, 5.41) is 0. The molecule has 1 aliphatic carbocycles. The van der Waals surface area contributed by atoms with Crippen molar-refractivity contribution >= 4 is 28.9 Å². The third-order valence-corrected chi connectivity index (χ3v) is 8.53. The predicted octanol–water partition coefficient (Wildman–Crippen LogP) is 4.21. The second-order valence-electron chi connectivity index (χ2n) is 9.38. The molecule has 2 aliphatic heterocycles. The summed E-state index contributed by atoms with van der Waals surface area (Å²) < 4.78 is 0. The number of likely N-dealkylation sites (tertiary alicyclic amines) is 2. The Morgan fingerprint density at radius 1 is 0.903 bits per heavy atom. The largest absolute Gasteiger partial charge is 0.342 e. The summed E-state index contributed by atoms with van der Waals surface area (Å²) >= 11 is 1.29. The molecule has 3 aliphatic rings. The molecule has 5 rings (SSSR count). The molecule has 31 heavy (non-hydrogen) atoms. The SMILES string of the molecule is CC(=O)c1ccc(C(=O)N2CCC3(CC2)CCN(C(=O)[C@@H]2C[C@H]2c2ccccc2)C3)s1. The van der Waals surface area contributed by atoms with E-state index in [1.807, 2.05) is 23.1 Å². The van der Waals surface area contributed by atoms with Crippen LogP contribution in [0.5, 0.6) is 0 Å². The lowest BCUT2D eigenvalue weighted by Gasteiger charge is -2.39. The molecule has 3 heterocycles. The van der Waals surface area contributed by atoms with Gasteiger partial charge in [0, 0.05) is 32.1 Å². The maximum atomic E-state index is 13.1. The van der Waals surface area contributed by atoms with E-state index in [9.17, 15) is 14.4 Å². The van der Waals surface area contributed by atoms with Crippen LogP contribution in [0, 0.1) is 11.3 Å². The van der Waals surface area contributed by atoms with E-state index >= 15 is 0 Å². The van der Waals surface area contributed by atoms with Crippen molar-refractivity contribution < 1.29 is 14.4 Å². The van der Waals surface area contributed by atoms with Gasteiger partial charge in [0.05, 0.1) is 9.75 Å². The fraction of sp³-hybridized carbons (Fsp3) is 0.480. The van der Waals surface area contributed by atoms with Crippen LogP contribution in [-0.2, 0) is 4.79 Å². The monoisotopic (exact) mass is 436 g/mol. The molecule has 3 fully saturated rings. The lowest BCUT2D eigenvalue weighted by atomic mass is 9.77. The minimum Gasteiger partial charge on any atom is -0.342 e. The van der Waals surface area contributed by atoms with Gasteiger partial charge in [0.2, 0.25) is 5.91 Å². The van der Waals surface area contributed by atoms with E-state index in [1.54, 1.807) is 12.1 Å². The minimum atomic E-state index is 0.00234. The highest BCUT2D eigenvalue weighted by molar-refractivity contribution is 7.15. The molecule has 2 aromatic rings. The van der Waals surface area contributed by atoms with E-state index in [0.717, 1.165) is 51.9 Å². The molecule has 2 saturated heterocycles. The first-order chi connectivity index (χ1) is 15.0. The van der Waals surface area contributed by atoms with Crippen LogP contribution in [0.3, 0.4) is 0 Å². The number of hydrogen-bond donors (Lipinski definition) is 0. The van der Waals surface area contributed by atoms with Gasteiger partial charge in [0.1, 0.15) is 0 Å². The topological polar surface area (TPSA) is 57.7 Å². The van der Waals surface area contributed by atoms with Gasteiger partial charge in [-0.15, -0.1) is 11.3 Å². The number of piperidine rings is 1. The molecule has 2 atom stereocenters. The zero-order valence-electron chi connectivity index (χ0n) is 17.9. The normalized spacial score (nSPS) is 24.4. The van der Waals surface area contributed by atoms with Gasteiger partial charge in [-0.05, 0) is 61.6 Å². The number of ketones is 1. The number of rotatable bonds is 4. The zero-order chi connectivity index (χ0) is 21.6. The first-order valence-corrected chi connectivity index (χ1v) is 12.0. The van der Waals surface area contributed by atoms with Crippen LogP contribution in [-0.4, -0.2) is 53.6 Å². The summed E-state index contributed by atoms with van der Waals surface area (Å²) in [7, 11) is 0. The standard InChI is InChI=1S/C25H28N2O3S/c1-17(28)21-7-8-22(31-21)24(30)26-12-9-25(10-13-26)11-14-27(16-25)23(29)20-15-19(20)18-5-3-2-4-6-18/h2-8,19-20H,9-16H2,1H3/t19-,20+/m0/s1. The number of nitrogens with zero attached hydrogens (tertiary/aromatic N) is 2. The number of carbonyl (C=O) groups is 3. The molecule has 1 aromatic heterocycles. The molecule has 6 heteroatoms. The highest BCUT2D eigenvalue weighted by Gasteiger charge is 2.49. The summed E-state index contributed by atoms with van der Waals surface area (Å²) in [4.78, 5) is 42.7. The third kappa shape index (κ3) is 3.93. The smallest absolute Gasteiger partial charge is 0.263 e. The molecular weight excluding hydrogens is 408 g/mol. The number of carbonyl (C=O) groups excluding carboxylic acids is 3. The number of benzene rings is 1. The van der Waals surface area contributed by atoms with E-state index < -0.39 is 0 Å². The van der Waals surface area contributed by atoms with E-state index in [-0.39, 0.29) is 23.0 Å². The maximum Gasteiger partial charge on any atom is 0.263 e. The van der Waals surface area contributed by atoms with Crippen molar-refractivity contribution in [1.82, 2.24) is 9.80 Å². The van der Waals surface area contributed by atoms with Crippen LogP contribution >= 0.6 is 11.3 Å². The first-order valence-electron chi connectivity index (χ1n) is 11.2. The van der Waals surface area contributed by atoms with Gasteiger partial charge in [-0.3, -0.25) is 14.4 Å². The molecule has 2 amide bonds. The van der Waals surface area contributed by atoms with Gasteiger partial charge in [0.15, 0.2) is 5.78 Å². The second kappa shape index (κ2) is 7.90. The van der Waals surface area contributed by atoms with Gasteiger partial charge in [0.25, 0.3) is 5.91 Å². The zero-order valence-corrected chi connectivity index (χ0v) is 18.7. The van der Waals surface area contributed by atoms with Crippen LogP contribution < -0.4 is 0 Å². The molecule has 1 spiro atoms. The number of amides is 2. The van der Waals surface area contributed by atoms with Crippen molar-refractivity contribution in [3.05, 3.63) is 57.8 Å². The van der Waals surface area contributed by atoms with E-state index in [2.05, 4.69) is 17.0 Å². The highest BCUT2D eigenvalue weighted by atomic mass is 32.1. The highest BCUT2D eigenvalue weighted by Crippen LogP contribution is 2.50. The molecule has 0 bridgehead atoms. The average molecular weight is 437 g/mol. The van der Waals surface area contributed by atoms with Crippen molar-refractivity contribution in [1.29, 1.82) is 0 Å². The van der Waals surface area contributed by atoms with Crippen molar-refractivity contribution in [2.45, 2.75) is 38.5 Å². The fourth-order valence-corrected chi connectivity index (χ4v) is 6.15. The van der Waals surface area contributed by atoms with Crippen molar-refractivity contribution in [3.63, 3.8) is 0 Å². The Morgan fingerprint density at radius 3 is 2.19 bits per heavy atom. The lowest BCUT2D eigenvalue weighted by Crippen LogP contribution is -2.44. The average Bonchev–Trinajstić information content (AvgIpc) is 3.23. The van der Waals surface area contributed by atoms with Crippen LogP contribution in [0.2, 0.25) is 0 Å². The Kier molecular flexibility index (Phi) is 5.21. The second-order valence-corrected chi connectivity index (χ2v) is 10.5. The van der Waals surface area contributed by atoms with Gasteiger partial charge < -0.3 is 9.80 Å². The lowest BCUT2D eigenvalue weighted by molar-refractivity contribution is -0.132. The van der Waals surface area contributed by atoms with E-state index in [1.165, 1.54) is 23.8 Å². The van der Waals surface area contributed by atoms with Crippen LogP contribution in [0.15, 0.2) is 42.5 Å². The van der Waals surface area contributed by atoms with E-state index in [0.29, 0.717) is 21.6 Å². The molecule has 0 radical (unpaired) electrons. The molecule has 0 unspecified atom stereocenters. The van der Waals surface area contributed by atoms with Crippen LogP contribution in [0.4, 0.5) is 0 Å². The Labute approximate surface area is 187 Å². The van der Waals surface area contributed by atoms with Crippen LogP contribution in [0.25, 0.3) is 0 Å². The Balaban J connectivity index is 1.16. The Bertz CT molecular complexity index is 1010. The quantitative estimate of drug-likeness (QED) is 0.675. The predicted molar refractivity (Wildman–Crippen MR) is 120 cm³/mol. The molecule has 5 nitrogen and oxygen atoms in total. The van der Waals surface area contributed by atoms with Gasteiger partial charge in [-0.2, -0.15) is 0 Å². The summed E-state index contributed by atoms with van der Waals surface area (Å²) in [5.41, 5.74) is 1.44. The summed E-state index contributed by atoms with van der Waals surface area (Å²) in [6.45, 7) is 4.66. The number of thiophene rings is 1. The van der Waals surface area contributed by atoms with Crippen LogP contribution in [0.1, 0.15) is 63.4 Å². The molecule has 1 saturated carbocycles. The van der Waals surface area contributed by atoms with Gasteiger partial charge in [-0.1, -0.05) is 30.3 Å². The molecule has 0 N–H and O–H groups in total. The summed E-state index contributed by atoms with van der Waals surface area (Å²) in [6, 6.07) is 13.9. The first kappa shape index (κ1) is 20.4. The summed E-state index contributed by atoms with van der Waals surface area (Å²) in [6.07, 6.45) is 3.90. The van der Waals surface area contributed by atoms with Gasteiger partial charge >= 0.3 is 0 Å². The van der Waals surface area contributed by atoms with Crippen molar-refractivity contribution in [3.8, 4) is 0 Å². The number of Topliss-reactive ketones (excluding diaryl/α,β-unsaturated/α-hetero) is 1. The molecule has 1 aromatic carbocycles. The van der Waals surface area contributed by atoms with Gasteiger partial charge in [-0.25, -0.2) is 0 Å².